The first-order valence-electron chi connectivity index (χ1n) is 3.42. The second-order valence-corrected chi connectivity index (χ2v) is 2.24. The SMILES string of the molecule is O=C(NO)c1ccnc2ncnn12. The van der Waals surface area contributed by atoms with Crippen molar-refractivity contribution in [2.45, 2.75) is 0 Å². The average Bonchev–Trinajstić information content (AvgIpc) is 2.63. The van der Waals surface area contributed by atoms with Crippen molar-refractivity contribution in [1.82, 2.24) is 25.1 Å². The van der Waals surface area contributed by atoms with Crippen molar-refractivity contribution in [3.8, 4) is 0 Å². The van der Waals surface area contributed by atoms with E-state index in [4.69, 9.17) is 5.21 Å². The van der Waals surface area contributed by atoms with Gasteiger partial charge in [0.05, 0.1) is 0 Å². The topological polar surface area (TPSA) is 92.4 Å². The third-order valence-corrected chi connectivity index (χ3v) is 1.51. The van der Waals surface area contributed by atoms with Crippen LogP contribution in [0, 0.1) is 0 Å². The fourth-order valence-corrected chi connectivity index (χ4v) is 0.968. The van der Waals surface area contributed by atoms with Crippen LogP contribution in [-0.2, 0) is 0 Å². The Morgan fingerprint density at radius 3 is 3.15 bits per heavy atom. The standard InChI is InChI=1S/C6H5N5O2/c12-5(10-13)4-1-2-7-6-8-3-9-11(4)6/h1-3,13H,(H,10,12). The van der Waals surface area contributed by atoms with Gasteiger partial charge in [-0.3, -0.25) is 10.0 Å². The van der Waals surface area contributed by atoms with Crippen molar-refractivity contribution in [3.63, 3.8) is 0 Å². The van der Waals surface area contributed by atoms with Gasteiger partial charge in [0.15, 0.2) is 0 Å². The van der Waals surface area contributed by atoms with Gasteiger partial charge in [0.25, 0.3) is 11.7 Å². The van der Waals surface area contributed by atoms with E-state index < -0.39 is 5.91 Å². The van der Waals surface area contributed by atoms with Crippen LogP contribution in [0.3, 0.4) is 0 Å². The number of carbonyl (C=O) groups is 1. The fraction of sp³-hybridized carbons (Fsp3) is 0. The third kappa shape index (κ3) is 1.11. The lowest BCUT2D eigenvalue weighted by Gasteiger charge is -1.99. The lowest BCUT2D eigenvalue weighted by atomic mass is 10.4. The Hall–Kier alpha value is -2.02. The smallest absolute Gasteiger partial charge is 0.288 e. The minimum atomic E-state index is -0.655. The normalized spacial score (nSPS) is 10.2. The van der Waals surface area contributed by atoms with E-state index in [1.54, 1.807) is 0 Å². The first kappa shape index (κ1) is 7.62. The van der Waals surface area contributed by atoms with Gasteiger partial charge in [-0.1, -0.05) is 0 Å². The van der Waals surface area contributed by atoms with Crippen LogP contribution in [-0.4, -0.2) is 30.7 Å². The van der Waals surface area contributed by atoms with Gasteiger partial charge in [-0.15, -0.1) is 0 Å². The van der Waals surface area contributed by atoms with Crippen molar-refractivity contribution in [3.05, 3.63) is 24.3 Å². The summed E-state index contributed by atoms with van der Waals surface area (Å²) < 4.78 is 1.23. The number of nitrogens with zero attached hydrogens (tertiary/aromatic N) is 4. The number of carbonyl (C=O) groups excluding carboxylic acids is 1. The largest absolute Gasteiger partial charge is 0.293 e. The van der Waals surface area contributed by atoms with Crippen LogP contribution in [0.25, 0.3) is 5.78 Å². The van der Waals surface area contributed by atoms with E-state index in [1.165, 1.54) is 28.6 Å². The van der Waals surface area contributed by atoms with E-state index in [1.807, 2.05) is 0 Å². The summed E-state index contributed by atoms with van der Waals surface area (Å²) >= 11 is 0. The van der Waals surface area contributed by atoms with E-state index in [0.29, 0.717) is 5.78 Å². The van der Waals surface area contributed by atoms with Gasteiger partial charge in [-0.25, -0.2) is 10.5 Å². The third-order valence-electron chi connectivity index (χ3n) is 1.51. The second kappa shape index (κ2) is 2.79. The Kier molecular flexibility index (Phi) is 1.64. The molecule has 0 fully saturated rings. The number of rotatable bonds is 1. The van der Waals surface area contributed by atoms with Crippen molar-refractivity contribution < 1.29 is 10.0 Å². The molecule has 0 unspecified atom stereocenters. The summed E-state index contributed by atoms with van der Waals surface area (Å²) in [5.41, 5.74) is 1.68. The van der Waals surface area contributed by atoms with Crippen molar-refractivity contribution in [2.75, 3.05) is 0 Å². The van der Waals surface area contributed by atoms with Crippen molar-refractivity contribution >= 4 is 11.7 Å². The molecule has 1 amide bonds. The number of hydroxylamine groups is 1. The molecule has 0 atom stereocenters. The molecule has 0 aliphatic rings. The molecule has 0 saturated heterocycles. The minimum absolute atomic E-state index is 0.171. The lowest BCUT2D eigenvalue weighted by molar-refractivity contribution is 0.0698. The van der Waals surface area contributed by atoms with Crippen LogP contribution in [0.15, 0.2) is 18.6 Å². The van der Waals surface area contributed by atoms with Crippen LogP contribution in [0.5, 0.6) is 0 Å². The van der Waals surface area contributed by atoms with Gasteiger partial charge in [0.1, 0.15) is 12.0 Å². The predicted molar refractivity (Wildman–Crippen MR) is 40.0 cm³/mol. The summed E-state index contributed by atoms with van der Waals surface area (Å²) in [7, 11) is 0. The maximum absolute atomic E-state index is 11.0. The number of fused-ring (bicyclic) bond motifs is 1. The van der Waals surface area contributed by atoms with Crippen LogP contribution in [0.4, 0.5) is 0 Å². The van der Waals surface area contributed by atoms with E-state index in [0.717, 1.165) is 0 Å². The molecular formula is C6H5N5O2. The molecule has 7 nitrogen and oxygen atoms in total. The Morgan fingerprint density at radius 2 is 2.38 bits per heavy atom. The van der Waals surface area contributed by atoms with Gasteiger partial charge in [0, 0.05) is 6.20 Å². The van der Waals surface area contributed by atoms with Gasteiger partial charge in [-0.05, 0) is 6.07 Å². The zero-order chi connectivity index (χ0) is 9.26. The summed E-state index contributed by atoms with van der Waals surface area (Å²) in [5, 5.41) is 12.2. The molecule has 0 saturated carbocycles. The lowest BCUT2D eigenvalue weighted by Crippen LogP contribution is -2.22. The molecule has 0 bridgehead atoms. The van der Waals surface area contributed by atoms with Crippen molar-refractivity contribution in [1.29, 1.82) is 0 Å². The molecule has 0 aromatic carbocycles. The number of aromatic nitrogens is 4. The van der Waals surface area contributed by atoms with Gasteiger partial charge < -0.3 is 0 Å². The molecule has 0 radical (unpaired) electrons. The molecule has 2 N–H and O–H groups in total. The summed E-state index contributed by atoms with van der Waals surface area (Å²) in [5.74, 6) is -0.348. The molecule has 2 aromatic rings. The Bertz CT molecular complexity index is 451. The molecule has 0 aliphatic heterocycles. The Balaban J connectivity index is 2.67. The Labute approximate surface area is 72.0 Å². The molecule has 0 spiro atoms. The monoisotopic (exact) mass is 179 g/mol. The molecule has 13 heavy (non-hydrogen) atoms. The predicted octanol–water partition coefficient (Wildman–Crippen LogP) is -0.757. The summed E-state index contributed by atoms with van der Waals surface area (Å²) in [6.07, 6.45) is 2.69. The highest BCUT2D eigenvalue weighted by atomic mass is 16.5. The summed E-state index contributed by atoms with van der Waals surface area (Å²) in [4.78, 5) is 18.7. The van der Waals surface area contributed by atoms with Crippen LogP contribution in [0.1, 0.15) is 10.5 Å². The molecule has 2 rings (SSSR count). The first-order valence-corrected chi connectivity index (χ1v) is 3.42. The highest BCUT2D eigenvalue weighted by Gasteiger charge is 2.09. The van der Waals surface area contributed by atoms with Crippen LogP contribution in [0.2, 0.25) is 0 Å². The van der Waals surface area contributed by atoms with Crippen molar-refractivity contribution in [2.24, 2.45) is 0 Å². The molecule has 2 aromatic heterocycles. The molecular weight excluding hydrogens is 174 g/mol. The van der Waals surface area contributed by atoms with E-state index in [-0.39, 0.29) is 5.69 Å². The number of amides is 1. The quantitative estimate of drug-likeness (QED) is 0.443. The highest BCUT2D eigenvalue weighted by Crippen LogP contribution is 1.99. The van der Waals surface area contributed by atoms with E-state index >= 15 is 0 Å². The van der Waals surface area contributed by atoms with E-state index in [9.17, 15) is 4.79 Å². The zero-order valence-electron chi connectivity index (χ0n) is 6.38. The maximum Gasteiger partial charge on any atom is 0.293 e. The Morgan fingerprint density at radius 1 is 1.54 bits per heavy atom. The van der Waals surface area contributed by atoms with Crippen LogP contribution < -0.4 is 5.48 Å². The van der Waals surface area contributed by atoms with E-state index in [2.05, 4.69) is 15.1 Å². The van der Waals surface area contributed by atoms with Gasteiger partial charge >= 0.3 is 0 Å². The molecule has 2 heterocycles. The van der Waals surface area contributed by atoms with Gasteiger partial charge in [-0.2, -0.15) is 14.6 Å². The minimum Gasteiger partial charge on any atom is -0.288 e. The molecule has 7 heteroatoms. The number of hydrogen-bond acceptors (Lipinski definition) is 5. The maximum atomic E-state index is 11.0. The fourth-order valence-electron chi connectivity index (χ4n) is 0.968. The molecule has 0 aliphatic carbocycles. The first-order chi connectivity index (χ1) is 6.33. The second-order valence-electron chi connectivity index (χ2n) is 2.24. The number of nitrogens with one attached hydrogen (secondary N) is 1. The zero-order valence-corrected chi connectivity index (χ0v) is 6.38. The average molecular weight is 179 g/mol. The highest BCUT2D eigenvalue weighted by molar-refractivity contribution is 5.91. The molecule has 66 valence electrons. The summed E-state index contributed by atoms with van der Waals surface area (Å²) in [6.45, 7) is 0. The van der Waals surface area contributed by atoms with Gasteiger partial charge in [0.2, 0.25) is 0 Å². The summed E-state index contributed by atoms with van der Waals surface area (Å²) in [6, 6.07) is 1.42. The number of hydrogen-bond donors (Lipinski definition) is 2. The van der Waals surface area contributed by atoms with Crippen LogP contribution >= 0.6 is 0 Å².